The zero-order valence-electron chi connectivity index (χ0n) is 9.24. The Bertz CT molecular complexity index is 407. The third-order valence-electron chi connectivity index (χ3n) is 2.21. The fraction of sp³-hybridized carbons (Fsp3) is 0.364. The molecule has 1 rings (SSSR count). The summed E-state index contributed by atoms with van der Waals surface area (Å²) in [4.78, 5) is 25.3. The number of rotatable bonds is 5. The molecule has 0 aliphatic heterocycles. The molecule has 0 spiro atoms. The lowest BCUT2D eigenvalue weighted by Crippen LogP contribution is -2.23. The van der Waals surface area contributed by atoms with Gasteiger partial charge in [-0.3, -0.25) is 14.6 Å². The largest absolute Gasteiger partial charge is 0.469 e. The minimum absolute atomic E-state index is 0.131. The smallest absolute Gasteiger partial charge is 0.308 e. The first-order chi connectivity index (χ1) is 8.08. The van der Waals surface area contributed by atoms with Crippen molar-refractivity contribution in [3.8, 4) is 0 Å². The van der Waals surface area contributed by atoms with Gasteiger partial charge in [-0.2, -0.15) is 0 Å². The number of methoxy groups -OCH3 is 1. The maximum Gasteiger partial charge on any atom is 0.308 e. The van der Waals surface area contributed by atoms with Crippen LogP contribution in [0.15, 0.2) is 18.3 Å². The van der Waals surface area contributed by atoms with E-state index in [-0.39, 0.29) is 12.1 Å². The molecule has 6 heteroatoms. The third-order valence-corrected chi connectivity index (χ3v) is 2.21. The molecule has 0 aliphatic rings. The van der Waals surface area contributed by atoms with Crippen LogP contribution in [0.4, 0.5) is 0 Å². The average molecular weight is 239 g/mol. The van der Waals surface area contributed by atoms with Crippen LogP contribution in [0.3, 0.4) is 0 Å². The molecule has 92 valence electrons. The minimum atomic E-state index is -1.34. The van der Waals surface area contributed by atoms with E-state index in [2.05, 4.69) is 9.72 Å². The lowest BCUT2D eigenvalue weighted by atomic mass is 10.1. The van der Waals surface area contributed by atoms with Gasteiger partial charge >= 0.3 is 5.97 Å². The number of esters is 1. The highest BCUT2D eigenvalue weighted by Crippen LogP contribution is 2.17. The Hall–Kier alpha value is -1.79. The quantitative estimate of drug-likeness (QED) is 0.548. The molecule has 6 nitrogen and oxygen atoms in total. The number of hydrogen-bond donors (Lipinski definition) is 2. The second kappa shape index (κ2) is 6.07. The van der Waals surface area contributed by atoms with E-state index in [1.807, 2.05) is 0 Å². The van der Waals surface area contributed by atoms with E-state index in [4.69, 9.17) is 0 Å². The number of carbonyl (C=O) groups excluding carboxylic acids is 2. The second-order valence-electron chi connectivity index (χ2n) is 3.42. The number of hydrogen-bond acceptors (Lipinski definition) is 6. The zero-order valence-corrected chi connectivity index (χ0v) is 9.24. The standard InChI is InChI=1S/C11H13NO5/c1-17-10(15)5-9(14)11(16)8-4-7(6-13)2-3-12-8/h2-4,6,9,11,14,16H,5H2,1H3. The Labute approximate surface area is 97.9 Å². The van der Waals surface area contributed by atoms with Crippen LogP contribution in [0.1, 0.15) is 28.6 Å². The van der Waals surface area contributed by atoms with Crippen LogP contribution in [0.25, 0.3) is 0 Å². The van der Waals surface area contributed by atoms with Crippen molar-refractivity contribution >= 4 is 12.3 Å². The normalized spacial score (nSPS) is 13.8. The monoisotopic (exact) mass is 239 g/mol. The minimum Gasteiger partial charge on any atom is -0.469 e. The number of aliphatic hydroxyl groups excluding tert-OH is 2. The van der Waals surface area contributed by atoms with Gasteiger partial charge in [-0.25, -0.2) is 0 Å². The summed E-state index contributed by atoms with van der Waals surface area (Å²) in [5, 5.41) is 19.3. The van der Waals surface area contributed by atoms with Crippen LogP contribution in [0.2, 0.25) is 0 Å². The summed E-state index contributed by atoms with van der Waals surface area (Å²) in [5.74, 6) is -0.636. The number of aromatic nitrogens is 1. The van der Waals surface area contributed by atoms with Crippen molar-refractivity contribution in [1.29, 1.82) is 0 Å². The van der Waals surface area contributed by atoms with Crippen molar-refractivity contribution in [3.63, 3.8) is 0 Å². The Morgan fingerprint density at radius 1 is 1.59 bits per heavy atom. The Morgan fingerprint density at radius 3 is 2.88 bits per heavy atom. The molecular formula is C11H13NO5. The van der Waals surface area contributed by atoms with Crippen LogP contribution in [0.5, 0.6) is 0 Å². The van der Waals surface area contributed by atoms with Crippen LogP contribution in [0, 0.1) is 0 Å². The Morgan fingerprint density at radius 2 is 2.29 bits per heavy atom. The van der Waals surface area contributed by atoms with Crippen molar-refractivity contribution in [2.75, 3.05) is 7.11 Å². The molecule has 0 bridgehead atoms. The summed E-state index contributed by atoms with van der Waals surface area (Å²) in [7, 11) is 1.19. The summed E-state index contributed by atoms with van der Waals surface area (Å²) in [6, 6.07) is 2.81. The highest BCUT2D eigenvalue weighted by Gasteiger charge is 2.23. The summed E-state index contributed by atoms with van der Waals surface area (Å²) in [6.07, 6.45) is -1.06. The van der Waals surface area contributed by atoms with E-state index in [0.29, 0.717) is 11.8 Å². The topological polar surface area (TPSA) is 96.7 Å². The fourth-order valence-corrected chi connectivity index (χ4v) is 1.26. The third kappa shape index (κ3) is 3.61. The lowest BCUT2D eigenvalue weighted by molar-refractivity contribution is -0.144. The predicted octanol–water partition coefficient (Wildman–Crippen LogP) is -0.148. The Kier molecular flexibility index (Phi) is 4.74. The fourth-order valence-electron chi connectivity index (χ4n) is 1.26. The molecule has 0 saturated heterocycles. The van der Waals surface area contributed by atoms with Crippen molar-refractivity contribution in [2.45, 2.75) is 18.6 Å². The highest BCUT2D eigenvalue weighted by atomic mass is 16.5. The van der Waals surface area contributed by atoms with Crippen molar-refractivity contribution in [2.24, 2.45) is 0 Å². The molecule has 0 radical (unpaired) electrons. The summed E-state index contributed by atoms with van der Waals surface area (Å²) in [6.45, 7) is 0. The second-order valence-corrected chi connectivity index (χ2v) is 3.42. The van der Waals surface area contributed by atoms with Crippen LogP contribution in [-0.4, -0.2) is 40.7 Å². The van der Waals surface area contributed by atoms with E-state index < -0.39 is 18.2 Å². The summed E-state index contributed by atoms with van der Waals surface area (Å²) >= 11 is 0. The number of ether oxygens (including phenoxy) is 1. The van der Waals surface area contributed by atoms with Gasteiger partial charge in [0, 0.05) is 11.8 Å². The van der Waals surface area contributed by atoms with Crippen molar-refractivity contribution < 1.29 is 24.5 Å². The molecule has 0 fully saturated rings. The van der Waals surface area contributed by atoms with Gasteiger partial charge in [0.2, 0.25) is 0 Å². The van der Waals surface area contributed by atoms with E-state index >= 15 is 0 Å². The summed E-state index contributed by atoms with van der Waals surface area (Å²) < 4.78 is 4.37. The van der Waals surface area contributed by atoms with Gasteiger partial charge in [-0.05, 0) is 12.1 Å². The maximum atomic E-state index is 10.9. The molecule has 0 saturated carbocycles. The van der Waals surface area contributed by atoms with Gasteiger partial charge in [-0.1, -0.05) is 0 Å². The molecule has 2 N–H and O–H groups in total. The van der Waals surface area contributed by atoms with Crippen LogP contribution in [-0.2, 0) is 9.53 Å². The van der Waals surface area contributed by atoms with E-state index in [0.717, 1.165) is 0 Å². The maximum absolute atomic E-state index is 10.9. The first-order valence-corrected chi connectivity index (χ1v) is 4.92. The number of nitrogens with zero attached hydrogens (tertiary/aromatic N) is 1. The molecule has 0 amide bonds. The molecule has 1 aromatic rings. The van der Waals surface area contributed by atoms with Gasteiger partial charge in [-0.15, -0.1) is 0 Å². The van der Waals surface area contributed by atoms with E-state index in [1.54, 1.807) is 0 Å². The molecule has 1 aromatic heterocycles. The molecule has 17 heavy (non-hydrogen) atoms. The molecular weight excluding hydrogens is 226 g/mol. The molecule has 2 unspecified atom stereocenters. The first kappa shape index (κ1) is 13.3. The highest BCUT2D eigenvalue weighted by molar-refractivity contribution is 5.74. The van der Waals surface area contributed by atoms with E-state index in [9.17, 15) is 19.8 Å². The number of aliphatic hydroxyl groups is 2. The van der Waals surface area contributed by atoms with E-state index in [1.165, 1.54) is 25.4 Å². The zero-order chi connectivity index (χ0) is 12.8. The summed E-state index contributed by atoms with van der Waals surface area (Å²) in [5.41, 5.74) is 0.463. The van der Waals surface area contributed by atoms with Crippen molar-refractivity contribution in [3.05, 3.63) is 29.6 Å². The number of pyridine rings is 1. The molecule has 1 heterocycles. The van der Waals surface area contributed by atoms with Gasteiger partial charge in [0.1, 0.15) is 12.4 Å². The average Bonchev–Trinajstić information content (AvgIpc) is 2.37. The van der Waals surface area contributed by atoms with Gasteiger partial charge in [0.25, 0.3) is 0 Å². The van der Waals surface area contributed by atoms with Gasteiger partial charge in [0.05, 0.1) is 25.3 Å². The van der Waals surface area contributed by atoms with Crippen LogP contribution >= 0.6 is 0 Å². The number of aldehydes is 1. The van der Waals surface area contributed by atoms with Crippen LogP contribution < -0.4 is 0 Å². The SMILES string of the molecule is COC(=O)CC(O)C(O)c1cc(C=O)ccn1. The molecule has 0 aliphatic carbocycles. The molecule has 0 aromatic carbocycles. The molecule has 2 atom stereocenters. The van der Waals surface area contributed by atoms with Crippen molar-refractivity contribution in [1.82, 2.24) is 4.98 Å². The first-order valence-electron chi connectivity index (χ1n) is 4.92. The van der Waals surface area contributed by atoms with Gasteiger partial charge in [0.15, 0.2) is 0 Å². The Balaban J connectivity index is 2.76. The lowest BCUT2D eigenvalue weighted by Gasteiger charge is -2.16. The van der Waals surface area contributed by atoms with Gasteiger partial charge < -0.3 is 14.9 Å². The number of carbonyl (C=O) groups is 2. The predicted molar refractivity (Wildman–Crippen MR) is 57.2 cm³/mol.